The summed E-state index contributed by atoms with van der Waals surface area (Å²) in [5, 5.41) is -8.05. The summed E-state index contributed by atoms with van der Waals surface area (Å²) in [6.07, 6.45) is 0. The van der Waals surface area contributed by atoms with E-state index >= 15 is 176 Å². The van der Waals surface area contributed by atoms with E-state index < -0.39 is 460 Å². The fourth-order valence-electron chi connectivity index (χ4n) is 14.1. The number of halogens is 40. The second kappa shape index (κ2) is 32.8. The first kappa shape index (κ1) is 91.5. The Morgan fingerprint density at radius 1 is 0.169 bits per heavy atom. The molecule has 5 heterocycles. The van der Waals surface area contributed by atoms with Crippen molar-refractivity contribution in [2.75, 3.05) is 42.6 Å². The molecule has 700 valence electrons. The molecular formula is C80H20F40N16. The van der Waals surface area contributed by atoms with E-state index in [2.05, 4.69) is 20.0 Å². The van der Waals surface area contributed by atoms with Crippen molar-refractivity contribution < 1.29 is 176 Å². The van der Waals surface area contributed by atoms with Crippen LogP contribution in [0.25, 0.3) is 43.1 Å². The number of aromatic amines is 3. The van der Waals surface area contributed by atoms with Crippen LogP contribution < -0.4 is 64.6 Å². The Balaban J connectivity index is 1.27. The third-order valence-electron chi connectivity index (χ3n) is 20.1. The van der Waals surface area contributed by atoms with Gasteiger partial charge in [-0.05, 0) is 6.07 Å². The first-order valence-corrected chi connectivity index (χ1v) is 36.0. The van der Waals surface area contributed by atoms with Gasteiger partial charge >= 0.3 is 0 Å². The first-order valence-electron chi connectivity index (χ1n) is 36.0. The highest BCUT2D eigenvalue weighted by molar-refractivity contribution is 6.19. The van der Waals surface area contributed by atoms with Crippen LogP contribution in [0.4, 0.5) is 284 Å². The molecule has 16 nitrogen and oxygen atoms in total. The number of fused-ring (bicyclic) bond motifs is 20. The summed E-state index contributed by atoms with van der Waals surface area (Å²) < 4.78 is 661. The minimum atomic E-state index is -3.19. The fraction of sp³-hybridized carbons (Fsp3) is 0. The van der Waals surface area contributed by atoms with Gasteiger partial charge in [-0.2, -0.15) is 0 Å². The Morgan fingerprint density at radius 2 is 0.382 bits per heavy atom. The standard InChI is InChI=1S/C80H20F40N16/c81-11-2-12(82)36(98)63(35(11)97)121-27-1-10-28(60(123-65-39(101)15(85)4-16(86)40(65)102)59(27)122-64-37(99)13(83)3-14(84)38(64)100)74-128-73(10)129-75-29-30(52(114)56(118)55(117)51(29)113)76(130-75)131-77-31-32(54(116)58(120)57(119)53(31)115)78(132-77)134-80-34-33(79(133-74)136(80)135-70-49(111)25(95)9-26(96)50(70)112)61(124-66-41(103)17(87)5-18(88)42(66)104)71(126-68-45(107)21(91)7-22(92)46(68)108)72(127-69-47(109)23(93)8-24(94)48(69)110)62(34)125-67-43(105)19(89)6-20(90)44(67)106/h1-9,121-127,135H,(H3,128,129,130,131,132,133,134). The lowest BCUT2D eigenvalue weighted by Crippen LogP contribution is -2.34. The monoisotopic (exact) mass is 1960 g/mol. The highest BCUT2D eigenvalue weighted by Gasteiger charge is 2.40. The second-order valence-corrected chi connectivity index (χ2v) is 28.0. The van der Waals surface area contributed by atoms with Gasteiger partial charge in [0.1, 0.15) is 79.7 Å². The molecule has 0 spiro atoms. The van der Waals surface area contributed by atoms with Crippen LogP contribution in [0.15, 0.2) is 74.6 Å². The Labute approximate surface area is 716 Å². The number of benzene rings is 12. The molecule has 0 aliphatic carbocycles. The van der Waals surface area contributed by atoms with Crippen LogP contribution >= 0.6 is 0 Å². The first-order chi connectivity index (χ1) is 64.0. The third-order valence-corrected chi connectivity index (χ3v) is 20.1. The summed E-state index contributed by atoms with van der Waals surface area (Å²) in [6.45, 7) is 0. The van der Waals surface area contributed by atoms with Crippen molar-refractivity contribution in [2.24, 2.45) is 20.0 Å². The van der Waals surface area contributed by atoms with E-state index in [1.165, 1.54) is 42.6 Å². The molecule has 1 aliphatic rings. The second-order valence-electron chi connectivity index (χ2n) is 28.0. The van der Waals surface area contributed by atoms with E-state index in [9.17, 15) is 0 Å². The van der Waals surface area contributed by atoms with Crippen LogP contribution in [-0.4, -0.2) is 19.6 Å². The van der Waals surface area contributed by atoms with Gasteiger partial charge in [0.15, 0.2) is 244 Å². The predicted molar refractivity (Wildman–Crippen MR) is 392 cm³/mol. The molecule has 0 fully saturated rings. The number of aromatic nitrogens is 4. The maximum Gasteiger partial charge on any atom is 0.198 e. The van der Waals surface area contributed by atoms with Gasteiger partial charge in [-0.3, -0.25) is 5.43 Å². The molecule has 1 aliphatic heterocycles. The van der Waals surface area contributed by atoms with Gasteiger partial charge in [-0.25, -0.2) is 200 Å². The Bertz CT molecular complexity index is 8200. The van der Waals surface area contributed by atoms with Crippen LogP contribution in [0.1, 0.15) is 0 Å². The van der Waals surface area contributed by atoms with Gasteiger partial charge in [-0.1, -0.05) is 0 Å². The van der Waals surface area contributed by atoms with Crippen LogP contribution in [-0.2, 0) is 0 Å². The molecule has 16 aromatic rings. The van der Waals surface area contributed by atoms with Gasteiger partial charge in [0.2, 0.25) is 0 Å². The molecule has 0 radical (unpaired) electrons. The van der Waals surface area contributed by atoms with E-state index in [0.717, 1.165) is 0 Å². The van der Waals surface area contributed by atoms with Crippen LogP contribution in [0.3, 0.4) is 0 Å². The summed E-state index contributed by atoms with van der Waals surface area (Å²) >= 11 is 0. The smallest absolute Gasteiger partial charge is 0.198 e. The molecule has 56 heteroatoms. The lowest BCUT2D eigenvalue weighted by molar-refractivity contribution is 0.418. The normalized spacial score (nSPS) is 12.1. The maximum absolute atomic E-state index is 17.6. The highest BCUT2D eigenvalue weighted by atomic mass is 19.2. The molecule has 0 amide bonds. The van der Waals surface area contributed by atoms with E-state index in [-0.39, 0.29) is 6.07 Å². The van der Waals surface area contributed by atoms with E-state index in [4.69, 9.17) is 0 Å². The molecule has 0 atom stereocenters. The van der Waals surface area contributed by atoms with Crippen molar-refractivity contribution in [3.05, 3.63) is 309 Å². The average Bonchev–Trinajstić information content (AvgIpc) is 1.55. The number of nitrogens with one attached hydrogen (secondary N) is 11. The van der Waals surface area contributed by atoms with E-state index in [1.54, 1.807) is 9.97 Å². The zero-order valence-corrected chi connectivity index (χ0v) is 63.6. The summed E-state index contributed by atoms with van der Waals surface area (Å²) in [6, 6.07) is -5.97. The molecule has 0 saturated carbocycles. The van der Waals surface area contributed by atoms with Crippen molar-refractivity contribution in [3.8, 4) is 0 Å². The summed E-state index contributed by atoms with van der Waals surface area (Å²) in [4.78, 5) is 20.6. The number of H-pyrrole nitrogens is 3. The molecule has 8 bridgehead atoms. The number of nitrogens with zero attached hydrogens (tertiary/aromatic N) is 5. The topological polar surface area (TPSA) is 198 Å². The molecule has 136 heavy (non-hydrogen) atoms. The molecule has 17 rings (SSSR count). The van der Waals surface area contributed by atoms with Gasteiger partial charge in [0.05, 0.1) is 77.5 Å². The van der Waals surface area contributed by atoms with Gasteiger partial charge in [0, 0.05) is 53.9 Å². The number of rotatable bonds is 16. The van der Waals surface area contributed by atoms with Crippen molar-refractivity contribution in [3.63, 3.8) is 0 Å². The number of anilines is 15. The van der Waals surface area contributed by atoms with Crippen molar-refractivity contribution in [2.45, 2.75) is 0 Å². The summed E-state index contributed by atoms with van der Waals surface area (Å²) in [5.41, 5.74) is -45.9. The zero-order valence-electron chi connectivity index (χ0n) is 63.6. The Hall–Kier alpha value is -16.4. The fourth-order valence-corrected chi connectivity index (χ4v) is 14.1. The average molecular weight is 1970 g/mol. The van der Waals surface area contributed by atoms with Gasteiger partial charge in [-0.15, -0.1) is 0 Å². The van der Waals surface area contributed by atoms with Gasteiger partial charge < -0.3 is 52.2 Å². The lowest BCUT2D eigenvalue weighted by Gasteiger charge is -2.25. The van der Waals surface area contributed by atoms with Crippen molar-refractivity contribution in [1.29, 1.82) is 0 Å². The van der Waals surface area contributed by atoms with E-state index in [0.29, 0.717) is 0 Å². The van der Waals surface area contributed by atoms with Crippen molar-refractivity contribution in [1.82, 2.24) is 19.6 Å². The molecular weight excluding hydrogens is 1940 g/mol. The quantitative estimate of drug-likeness (QED) is 0.0255. The lowest BCUT2D eigenvalue weighted by atomic mass is 10.0. The summed E-state index contributed by atoms with van der Waals surface area (Å²) in [7, 11) is 0. The molecule has 4 aromatic heterocycles. The van der Waals surface area contributed by atoms with Gasteiger partial charge in [0.25, 0.3) is 0 Å². The van der Waals surface area contributed by atoms with Crippen LogP contribution in [0.2, 0.25) is 0 Å². The minimum absolute atomic E-state index is 0.173. The predicted octanol–water partition coefficient (Wildman–Crippen LogP) is 24.8. The molecule has 0 saturated heterocycles. The SMILES string of the molecule is Fc1cc(F)c(F)c(Nc2cc3c4[nH]c(c3c(Nc3c(F)c(F)cc(F)c3F)c2Nc2c(F)c(F)cc(F)c2F)N=c2c3c(Nc5c(F)c(F)cc(F)c5F)c(Nc5c(F)c(F)cc(F)c5F)c(Nc5c(F)c(F)cc(F)c5F)c(Nc5c(F)c(F)cc(F)c5F)c3c(n2Nc2c(F)c(F)cc(F)c2F)=Nc2[nH]c(c3c(F)c(F)c(F)c(F)c23)N=c2[nH]c(c3c(F)c(F)c(F)c(F)c23)=N4)c1F. The summed E-state index contributed by atoms with van der Waals surface area (Å²) in [5.74, 6) is -124. The van der Waals surface area contributed by atoms with Crippen LogP contribution in [0.5, 0.6) is 0 Å². The Kier molecular flexibility index (Phi) is 22.1. The van der Waals surface area contributed by atoms with Crippen LogP contribution in [0, 0.1) is 233 Å². The Morgan fingerprint density at radius 3 is 0.669 bits per heavy atom. The van der Waals surface area contributed by atoms with E-state index in [1.807, 2.05) is 4.98 Å². The number of hydrogen-bond donors (Lipinski definition) is 11. The van der Waals surface area contributed by atoms with Crippen molar-refractivity contribution >= 4 is 152 Å². The third kappa shape index (κ3) is 14.2. The molecule has 11 N–H and O–H groups in total. The molecule has 12 aromatic carbocycles. The molecule has 0 unspecified atom stereocenters. The highest BCUT2D eigenvalue weighted by Crippen LogP contribution is 2.55. The largest absolute Gasteiger partial charge is 0.349 e. The minimum Gasteiger partial charge on any atom is -0.349 e. The number of hydrogen-bond acceptors (Lipinski definition) is 12. The zero-order chi connectivity index (χ0) is 98.5. The maximum atomic E-state index is 17.6.